The highest BCUT2D eigenvalue weighted by atomic mass is 79.9. The molecule has 0 bridgehead atoms. The van der Waals surface area contributed by atoms with Crippen LogP contribution in [0, 0.1) is 5.82 Å². The number of nitrogens with zero attached hydrogens (tertiary/aromatic N) is 2. The van der Waals surface area contributed by atoms with Gasteiger partial charge in [0.15, 0.2) is 3.92 Å². The van der Waals surface area contributed by atoms with Gasteiger partial charge < -0.3 is 5.32 Å². The molecule has 78 valence electrons. The van der Waals surface area contributed by atoms with Crippen LogP contribution >= 0.6 is 38.9 Å². The molecule has 2 rings (SSSR count). The molecule has 3 nitrogen and oxygen atoms in total. The molecule has 2 aromatic rings. The maximum atomic E-state index is 13.1. The third kappa shape index (κ3) is 2.45. The van der Waals surface area contributed by atoms with Gasteiger partial charge in [-0.1, -0.05) is 29.0 Å². The van der Waals surface area contributed by atoms with E-state index < -0.39 is 5.82 Å². The second kappa shape index (κ2) is 4.42. The Morgan fingerprint density at radius 3 is 2.87 bits per heavy atom. The molecule has 1 heterocycles. The monoisotopic (exact) mass is 307 g/mol. The number of benzene rings is 1. The standard InChI is InChI=1S/C8H4BrClFN3S/c9-7-13-14-8(15-7)12-5-3-1-2-4(11)6(5)10/h1-3H,(H,12,14). The number of nitrogens with one attached hydrogen (secondary N) is 1. The van der Waals surface area contributed by atoms with Crippen LogP contribution in [0.4, 0.5) is 15.2 Å². The number of hydrogen-bond acceptors (Lipinski definition) is 4. The van der Waals surface area contributed by atoms with Gasteiger partial charge in [0.25, 0.3) is 0 Å². The summed E-state index contributed by atoms with van der Waals surface area (Å²) in [6, 6.07) is 4.53. The summed E-state index contributed by atoms with van der Waals surface area (Å²) in [7, 11) is 0. The first kappa shape index (κ1) is 10.8. The molecular weight excluding hydrogens is 305 g/mol. The van der Waals surface area contributed by atoms with Crippen molar-refractivity contribution in [3.05, 3.63) is 33.0 Å². The summed E-state index contributed by atoms with van der Waals surface area (Å²) < 4.78 is 13.7. The van der Waals surface area contributed by atoms with Crippen LogP contribution in [0.2, 0.25) is 5.02 Å². The maximum Gasteiger partial charge on any atom is 0.210 e. The largest absolute Gasteiger partial charge is 0.329 e. The summed E-state index contributed by atoms with van der Waals surface area (Å²) in [4.78, 5) is 0. The van der Waals surface area contributed by atoms with Crippen molar-refractivity contribution in [2.24, 2.45) is 0 Å². The molecule has 0 aliphatic heterocycles. The number of aromatic nitrogens is 2. The molecule has 0 aliphatic rings. The van der Waals surface area contributed by atoms with Crippen molar-refractivity contribution in [2.75, 3.05) is 5.32 Å². The Balaban J connectivity index is 2.28. The summed E-state index contributed by atoms with van der Waals surface area (Å²) in [5.74, 6) is -0.467. The summed E-state index contributed by atoms with van der Waals surface area (Å²) >= 11 is 10.2. The quantitative estimate of drug-likeness (QED) is 0.916. The fraction of sp³-hybridized carbons (Fsp3) is 0. The topological polar surface area (TPSA) is 37.8 Å². The van der Waals surface area contributed by atoms with Gasteiger partial charge in [-0.15, -0.1) is 10.2 Å². The Kier molecular flexibility index (Phi) is 3.18. The molecule has 1 N–H and O–H groups in total. The molecule has 0 atom stereocenters. The number of halogens is 3. The van der Waals surface area contributed by atoms with Crippen molar-refractivity contribution in [3.8, 4) is 0 Å². The molecule has 0 fully saturated rings. The summed E-state index contributed by atoms with van der Waals surface area (Å²) in [5.41, 5.74) is 0.473. The normalized spacial score (nSPS) is 10.3. The van der Waals surface area contributed by atoms with E-state index in [0.717, 1.165) is 0 Å². The summed E-state index contributed by atoms with van der Waals surface area (Å²) in [6.45, 7) is 0. The van der Waals surface area contributed by atoms with Gasteiger partial charge in [0.1, 0.15) is 5.82 Å². The van der Waals surface area contributed by atoms with Crippen molar-refractivity contribution < 1.29 is 4.39 Å². The Morgan fingerprint density at radius 2 is 2.20 bits per heavy atom. The van der Waals surface area contributed by atoms with Gasteiger partial charge in [0.05, 0.1) is 10.7 Å². The second-order valence-electron chi connectivity index (χ2n) is 2.59. The van der Waals surface area contributed by atoms with E-state index in [9.17, 15) is 4.39 Å². The highest BCUT2D eigenvalue weighted by molar-refractivity contribution is 9.11. The highest BCUT2D eigenvalue weighted by Gasteiger charge is 2.07. The van der Waals surface area contributed by atoms with Crippen molar-refractivity contribution in [1.29, 1.82) is 0 Å². The SMILES string of the molecule is Fc1cccc(Nc2nnc(Br)s2)c1Cl. The van der Waals surface area contributed by atoms with Crippen LogP contribution in [0.25, 0.3) is 0 Å². The number of hydrogen-bond donors (Lipinski definition) is 1. The second-order valence-corrected chi connectivity index (χ2v) is 5.22. The van der Waals surface area contributed by atoms with Gasteiger partial charge in [-0.05, 0) is 28.1 Å². The Bertz CT molecular complexity index is 490. The lowest BCUT2D eigenvalue weighted by molar-refractivity contribution is 0.629. The van der Waals surface area contributed by atoms with E-state index in [4.69, 9.17) is 11.6 Å². The fourth-order valence-corrected chi connectivity index (χ4v) is 2.17. The van der Waals surface area contributed by atoms with E-state index in [2.05, 4.69) is 31.4 Å². The molecule has 0 saturated carbocycles. The van der Waals surface area contributed by atoms with E-state index in [1.165, 1.54) is 17.4 Å². The van der Waals surface area contributed by atoms with Crippen LogP contribution in [0.3, 0.4) is 0 Å². The molecule has 7 heteroatoms. The molecule has 0 amide bonds. The lowest BCUT2D eigenvalue weighted by atomic mass is 10.3. The van der Waals surface area contributed by atoms with Crippen molar-refractivity contribution in [1.82, 2.24) is 10.2 Å². The zero-order valence-electron chi connectivity index (χ0n) is 7.17. The minimum atomic E-state index is -0.467. The smallest absolute Gasteiger partial charge is 0.210 e. The zero-order valence-corrected chi connectivity index (χ0v) is 10.3. The zero-order chi connectivity index (χ0) is 10.8. The lowest BCUT2D eigenvalue weighted by Crippen LogP contribution is -1.92. The van der Waals surface area contributed by atoms with Crippen LogP contribution < -0.4 is 5.32 Å². The van der Waals surface area contributed by atoms with E-state index >= 15 is 0 Å². The van der Waals surface area contributed by atoms with Gasteiger partial charge >= 0.3 is 0 Å². The predicted octanol–water partition coefficient (Wildman–Crippen LogP) is 3.84. The summed E-state index contributed by atoms with van der Waals surface area (Å²) in [6.07, 6.45) is 0. The van der Waals surface area contributed by atoms with Gasteiger partial charge in [-0.3, -0.25) is 0 Å². The molecular formula is C8H4BrClFN3S. The molecule has 1 aromatic carbocycles. The predicted molar refractivity (Wildman–Crippen MR) is 62.3 cm³/mol. The van der Waals surface area contributed by atoms with Crippen molar-refractivity contribution >= 4 is 49.7 Å². The van der Waals surface area contributed by atoms with E-state index in [1.807, 2.05) is 0 Å². The van der Waals surface area contributed by atoms with Crippen LogP contribution in [-0.2, 0) is 0 Å². The van der Waals surface area contributed by atoms with E-state index in [0.29, 0.717) is 14.7 Å². The van der Waals surface area contributed by atoms with Gasteiger partial charge in [-0.25, -0.2) is 4.39 Å². The Morgan fingerprint density at radius 1 is 1.40 bits per heavy atom. The minimum Gasteiger partial charge on any atom is -0.329 e. The van der Waals surface area contributed by atoms with Crippen LogP contribution in [0.15, 0.2) is 22.1 Å². The van der Waals surface area contributed by atoms with Crippen LogP contribution in [-0.4, -0.2) is 10.2 Å². The third-order valence-corrected chi connectivity index (χ3v) is 3.25. The van der Waals surface area contributed by atoms with Crippen molar-refractivity contribution in [2.45, 2.75) is 0 Å². The van der Waals surface area contributed by atoms with Gasteiger partial charge in [-0.2, -0.15) is 0 Å². The molecule has 0 saturated heterocycles. The first-order valence-electron chi connectivity index (χ1n) is 3.87. The average Bonchev–Trinajstić information content (AvgIpc) is 2.59. The Labute approximate surface area is 102 Å². The molecule has 1 aromatic heterocycles. The van der Waals surface area contributed by atoms with E-state index in [-0.39, 0.29) is 5.02 Å². The minimum absolute atomic E-state index is 0.0452. The van der Waals surface area contributed by atoms with Gasteiger partial charge in [0.2, 0.25) is 5.13 Å². The average molecular weight is 309 g/mol. The van der Waals surface area contributed by atoms with E-state index in [1.54, 1.807) is 12.1 Å². The fourth-order valence-electron chi connectivity index (χ4n) is 0.971. The summed E-state index contributed by atoms with van der Waals surface area (Å²) in [5, 5.41) is 11.0. The highest BCUT2D eigenvalue weighted by Crippen LogP contribution is 2.29. The van der Waals surface area contributed by atoms with Crippen LogP contribution in [0.5, 0.6) is 0 Å². The van der Waals surface area contributed by atoms with Gasteiger partial charge in [0, 0.05) is 0 Å². The molecule has 0 spiro atoms. The third-order valence-electron chi connectivity index (χ3n) is 1.59. The maximum absolute atomic E-state index is 13.1. The van der Waals surface area contributed by atoms with Crippen molar-refractivity contribution in [3.63, 3.8) is 0 Å². The molecule has 0 aliphatic carbocycles. The first-order valence-corrected chi connectivity index (χ1v) is 5.85. The Hall–Kier alpha value is -0.720. The molecule has 0 radical (unpaired) electrons. The first-order chi connectivity index (χ1) is 7.16. The number of rotatable bonds is 2. The molecule has 0 unspecified atom stereocenters. The lowest BCUT2D eigenvalue weighted by Gasteiger charge is -2.04. The van der Waals surface area contributed by atoms with Crippen LogP contribution in [0.1, 0.15) is 0 Å². The number of anilines is 2. The molecule has 15 heavy (non-hydrogen) atoms.